The zero-order valence-electron chi connectivity index (χ0n) is 12.1. The molecule has 0 heterocycles. The highest BCUT2D eigenvalue weighted by molar-refractivity contribution is 5.31. The zero-order chi connectivity index (χ0) is 12.8. The topological polar surface area (TPSA) is 3.24 Å². The van der Waals surface area contributed by atoms with E-state index in [2.05, 4.69) is 57.8 Å². The van der Waals surface area contributed by atoms with Crippen LogP contribution >= 0.6 is 0 Å². The highest BCUT2D eigenvalue weighted by Crippen LogP contribution is 2.14. The minimum Gasteiger partial charge on any atom is -0.304 e. The third kappa shape index (κ3) is 4.16. The van der Waals surface area contributed by atoms with E-state index in [0.29, 0.717) is 6.04 Å². The highest BCUT2D eigenvalue weighted by Gasteiger charge is 2.07. The third-order valence-corrected chi connectivity index (χ3v) is 3.89. The van der Waals surface area contributed by atoms with E-state index in [-0.39, 0.29) is 0 Å². The van der Waals surface area contributed by atoms with Crippen LogP contribution in [0.5, 0.6) is 0 Å². The highest BCUT2D eigenvalue weighted by atomic mass is 15.1. The Hall–Kier alpha value is -0.820. The van der Waals surface area contributed by atoms with Crippen molar-refractivity contribution in [3.63, 3.8) is 0 Å². The van der Waals surface area contributed by atoms with Crippen LogP contribution in [0.1, 0.15) is 43.9 Å². The second-order valence-electron chi connectivity index (χ2n) is 5.08. The van der Waals surface area contributed by atoms with Crippen LogP contribution in [0.25, 0.3) is 0 Å². The normalized spacial score (nSPS) is 13.1. The summed E-state index contributed by atoms with van der Waals surface area (Å²) in [5.41, 5.74) is 4.41. The van der Waals surface area contributed by atoms with E-state index in [4.69, 9.17) is 0 Å². The average Bonchev–Trinajstić information content (AvgIpc) is 2.35. The van der Waals surface area contributed by atoms with E-state index >= 15 is 0 Å². The Bertz CT molecular complexity index is 343. The van der Waals surface area contributed by atoms with Crippen LogP contribution in [0.2, 0.25) is 0 Å². The minimum absolute atomic E-state index is 0.672. The Morgan fingerprint density at radius 1 is 1.24 bits per heavy atom. The fourth-order valence-corrected chi connectivity index (χ4v) is 2.22. The van der Waals surface area contributed by atoms with Crippen LogP contribution in [0.3, 0.4) is 0 Å². The van der Waals surface area contributed by atoms with Gasteiger partial charge in [0.2, 0.25) is 0 Å². The maximum Gasteiger partial charge on any atom is 0.00669 e. The van der Waals surface area contributed by atoms with Gasteiger partial charge in [-0.25, -0.2) is 0 Å². The van der Waals surface area contributed by atoms with Crippen molar-refractivity contribution in [2.24, 2.45) is 0 Å². The number of hydrogen-bond donors (Lipinski definition) is 0. The first-order chi connectivity index (χ1) is 8.08. The molecule has 0 N–H and O–H groups in total. The molecule has 1 atom stereocenters. The van der Waals surface area contributed by atoms with Crippen molar-refractivity contribution in [1.82, 2.24) is 4.90 Å². The average molecular weight is 233 g/mol. The van der Waals surface area contributed by atoms with E-state index in [1.54, 1.807) is 0 Å². The summed E-state index contributed by atoms with van der Waals surface area (Å²) in [7, 11) is 2.20. The number of hydrogen-bond acceptors (Lipinski definition) is 1. The molecule has 0 saturated carbocycles. The molecule has 0 fully saturated rings. The minimum atomic E-state index is 0.672. The number of nitrogens with zero attached hydrogens (tertiary/aromatic N) is 1. The van der Waals surface area contributed by atoms with Crippen LogP contribution in [0.4, 0.5) is 0 Å². The van der Waals surface area contributed by atoms with Crippen LogP contribution in [0.15, 0.2) is 18.2 Å². The molecule has 0 bridgehead atoms. The lowest BCUT2D eigenvalue weighted by Crippen LogP contribution is -2.29. The molecule has 0 aromatic heterocycles. The fraction of sp³-hybridized carbons (Fsp3) is 0.625. The van der Waals surface area contributed by atoms with E-state index in [1.165, 1.54) is 29.5 Å². The van der Waals surface area contributed by atoms with Crippen molar-refractivity contribution >= 4 is 0 Å². The largest absolute Gasteiger partial charge is 0.304 e. The van der Waals surface area contributed by atoms with Gasteiger partial charge in [-0.05, 0) is 63.4 Å². The molecule has 1 aromatic carbocycles. The van der Waals surface area contributed by atoms with E-state index < -0.39 is 0 Å². The lowest BCUT2D eigenvalue weighted by Gasteiger charge is -2.23. The third-order valence-electron chi connectivity index (χ3n) is 3.89. The van der Waals surface area contributed by atoms with E-state index in [0.717, 1.165) is 13.0 Å². The molecule has 0 spiro atoms. The second kappa shape index (κ2) is 6.80. The molecule has 17 heavy (non-hydrogen) atoms. The van der Waals surface area contributed by atoms with E-state index in [9.17, 15) is 0 Å². The van der Waals surface area contributed by atoms with Gasteiger partial charge in [0.05, 0.1) is 0 Å². The summed E-state index contributed by atoms with van der Waals surface area (Å²) in [5.74, 6) is 0. The van der Waals surface area contributed by atoms with Crippen molar-refractivity contribution in [1.29, 1.82) is 0 Å². The Kier molecular flexibility index (Phi) is 5.70. The van der Waals surface area contributed by atoms with Gasteiger partial charge < -0.3 is 4.90 Å². The Morgan fingerprint density at radius 3 is 2.47 bits per heavy atom. The quantitative estimate of drug-likeness (QED) is 0.722. The van der Waals surface area contributed by atoms with Crippen molar-refractivity contribution in [3.05, 3.63) is 34.9 Å². The second-order valence-corrected chi connectivity index (χ2v) is 5.08. The molecule has 96 valence electrons. The van der Waals surface area contributed by atoms with Gasteiger partial charge in [0, 0.05) is 6.04 Å². The van der Waals surface area contributed by atoms with Crippen molar-refractivity contribution in [2.45, 2.75) is 53.0 Å². The van der Waals surface area contributed by atoms with Gasteiger partial charge in [-0.3, -0.25) is 0 Å². The van der Waals surface area contributed by atoms with Gasteiger partial charge in [-0.1, -0.05) is 32.0 Å². The van der Waals surface area contributed by atoms with Crippen LogP contribution in [-0.2, 0) is 12.8 Å². The van der Waals surface area contributed by atoms with Gasteiger partial charge in [0.1, 0.15) is 0 Å². The molecule has 0 aliphatic carbocycles. The van der Waals surface area contributed by atoms with Gasteiger partial charge in [0.15, 0.2) is 0 Å². The Morgan fingerprint density at radius 2 is 1.94 bits per heavy atom. The molecule has 0 aliphatic heterocycles. The molecule has 0 radical (unpaired) electrons. The summed E-state index contributed by atoms with van der Waals surface area (Å²) < 4.78 is 0. The number of rotatable bonds is 6. The predicted molar refractivity (Wildman–Crippen MR) is 76.6 cm³/mol. The Labute approximate surface area is 107 Å². The molecular weight excluding hydrogens is 206 g/mol. The molecule has 1 heteroatoms. The zero-order valence-corrected chi connectivity index (χ0v) is 12.1. The van der Waals surface area contributed by atoms with E-state index in [1.807, 2.05) is 0 Å². The monoisotopic (exact) mass is 233 g/mol. The summed E-state index contributed by atoms with van der Waals surface area (Å²) in [4.78, 5) is 2.41. The molecule has 1 nitrogen and oxygen atoms in total. The van der Waals surface area contributed by atoms with Gasteiger partial charge in [-0.15, -0.1) is 0 Å². The number of benzene rings is 1. The summed E-state index contributed by atoms with van der Waals surface area (Å²) in [6.07, 6.45) is 3.58. The summed E-state index contributed by atoms with van der Waals surface area (Å²) in [6.45, 7) is 10.1. The number of aryl methyl sites for hydroxylation is 3. The summed E-state index contributed by atoms with van der Waals surface area (Å²) in [5, 5.41) is 0. The fourth-order valence-electron chi connectivity index (χ4n) is 2.22. The molecule has 1 unspecified atom stereocenters. The standard InChI is InChI=1S/C16H27N/c1-6-16-11-10-15(12-13(16)3)9-8-14(4)17(5)7-2/h10-12,14H,6-9H2,1-5H3. The van der Waals surface area contributed by atoms with Gasteiger partial charge in [0.25, 0.3) is 0 Å². The maximum absolute atomic E-state index is 2.41. The predicted octanol–water partition coefficient (Wildman–Crippen LogP) is 3.83. The van der Waals surface area contributed by atoms with Crippen LogP contribution < -0.4 is 0 Å². The van der Waals surface area contributed by atoms with Crippen LogP contribution in [-0.4, -0.2) is 24.5 Å². The molecular formula is C16H27N. The molecule has 0 amide bonds. The van der Waals surface area contributed by atoms with Crippen molar-refractivity contribution in [2.75, 3.05) is 13.6 Å². The lowest BCUT2D eigenvalue weighted by molar-refractivity contribution is 0.259. The first kappa shape index (κ1) is 14.2. The smallest absolute Gasteiger partial charge is 0.00669 e. The van der Waals surface area contributed by atoms with Crippen molar-refractivity contribution < 1.29 is 0 Å². The molecule has 0 aliphatic rings. The maximum atomic E-state index is 2.41. The van der Waals surface area contributed by atoms with Crippen LogP contribution in [0, 0.1) is 6.92 Å². The Balaban J connectivity index is 2.55. The lowest BCUT2D eigenvalue weighted by atomic mass is 9.99. The first-order valence-electron chi connectivity index (χ1n) is 6.87. The first-order valence-corrected chi connectivity index (χ1v) is 6.87. The summed E-state index contributed by atoms with van der Waals surface area (Å²) in [6, 6.07) is 7.62. The molecule has 0 saturated heterocycles. The van der Waals surface area contributed by atoms with Gasteiger partial charge in [-0.2, -0.15) is 0 Å². The summed E-state index contributed by atoms with van der Waals surface area (Å²) >= 11 is 0. The van der Waals surface area contributed by atoms with Gasteiger partial charge >= 0.3 is 0 Å². The molecule has 1 rings (SSSR count). The van der Waals surface area contributed by atoms with Crippen molar-refractivity contribution in [3.8, 4) is 0 Å². The molecule has 1 aromatic rings. The SMILES string of the molecule is CCc1ccc(CCC(C)N(C)CC)cc1C.